The van der Waals surface area contributed by atoms with Crippen LogP contribution < -0.4 is 11.0 Å². The van der Waals surface area contributed by atoms with Crippen molar-refractivity contribution in [1.82, 2.24) is 14.5 Å². The molecule has 1 heterocycles. The third kappa shape index (κ3) is 2.24. The maximum absolute atomic E-state index is 12.1. The number of imidazole rings is 1. The van der Waals surface area contributed by atoms with Gasteiger partial charge in [-0.2, -0.15) is 0 Å². The van der Waals surface area contributed by atoms with Gasteiger partial charge in [0.1, 0.15) is 0 Å². The molecule has 0 spiro atoms. The van der Waals surface area contributed by atoms with Crippen LogP contribution in [-0.4, -0.2) is 22.7 Å². The molecule has 1 N–H and O–H groups in total. The van der Waals surface area contributed by atoms with E-state index in [-0.39, 0.29) is 5.69 Å². The third-order valence-electron chi connectivity index (χ3n) is 3.10. The SMILES string of the molecule is CNCCc1ccccc1-n1c(C)cn(C)c1=O. The van der Waals surface area contributed by atoms with Crippen LogP contribution in [0.5, 0.6) is 0 Å². The van der Waals surface area contributed by atoms with E-state index in [4.69, 9.17) is 0 Å². The Balaban J connectivity index is 2.53. The molecular formula is C14H19N3O. The predicted octanol–water partition coefficient (Wildman–Crippen LogP) is 1.25. The molecule has 0 aliphatic heterocycles. The highest BCUT2D eigenvalue weighted by atomic mass is 16.1. The fourth-order valence-corrected chi connectivity index (χ4v) is 2.19. The molecule has 96 valence electrons. The van der Waals surface area contributed by atoms with E-state index in [1.165, 1.54) is 5.56 Å². The standard InChI is InChI=1S/C14H19N3O/c1-11-10-16(3)14(18)17(11)13-7-5-4-6-12(13)8-9-15-2/h4-7,10,15H,8-9H2,1-3H3. The number of para-hydroxylation sites is 1. The highest BCUT2D eigenvalue weighted by Crippen LogP contribution is 2.15. The van der Waals surface area contributed by atoms with Gasteiger partial charge in [0.15, 0.2) is 0 Å². The van der Waals surface area contributed by atoms with Gasteiger partial charge in [0.25, 0.3) is 0 Å². The van der Waals surface area contributed by atoms with E-state index in [9.17, 15) is 4.79 Å². The number of hydrogen-bond acceptors (Lipinski definition) is 2. The number of nitrogens with zero attached hydrogens (tertiary/aromatic N) is 2. The summed E-state index contributed by atoms with van der Waals surface area (Å²) in [5.74, 6) is 0. The van der Waals surface area contributed by atoms with Gasteiger partial charge in [0, 0.05) is 18.9 Å². The lowest BCUT2D eigenvalue weighted by Crippen LogP contribution is -2.23. The summed E-state index contributed by atoms with van der Waals surface area (Å²) in [5.41, 5.74) is 3.13. The van der Waals surface area contributed by atoms with Crippen LogP contribution in [0.25, 0.3) is 5.69 Å². The molecule has 0 bridgehead atoms. The van der Waals surface area contributed by atoms with E-state index in [0.717, 1.165) is 24.3 Å². The van der Waals surface area contributed by atoms with E-state index in [1.54, 1.807) is 16.2 Å². The second kappa shape index (κ2) is 5.23. The fourth-order valence-electron chi connectivity index (χ4n) is 2.19. The van der Waals surface area contributed by atoms with Crippen LogP contribution in [0.15, 0.2) is 35.3 Å². The van der Waals surface area contributed by atoms with Crippen LogP contribution in [0.3, 0.4) is 0 Å². The Morgan fingerprint density at radius 1 is 1.28 bits per heavy atom. The highest BCUT2D eigenvalue weighted by molar-refractivity contribution is 5.42. The number of aromatic nitrogens is 2. The zero-order valence-electron chi connectivity index (χ0n) is 11.1. The molecule has 0 saturated heterocycles. The van der Waals surface area contributed by atoms with Crippen LogP contribution in [0.2, 0.25) is 0 Å². The molecule has 2 aromatic rings. The summed E-state index contributed by atoms with van der Waals surface area (Å²) >= 11 is 0. The number of aryl methyl sites for hydroxylation is 2. The molecule has 1 aromatic heterocycles. The van der Waals surface area contributed by atoms with Crippen LogP contribution in [0, 0.1) is 6.92 Å². The van der Waals surface area contributed by atoms with Gasteiger partial charge in [-0.1, -0.05) is 18.2 Å². The quantitative estimate of drug-likeness (QED) is 0.880. The average molecular weight is 245 g/mol. The number of nitrogens with one attached hydrogen (secondary N) is 1. The summed E-state index contributed by atoms with van der Waals surface area (Å²) in [6.45, 7) is 2.86. The summed E-state index contributed by atoms with van der Waals surface area (Å²) < 4.78 is 3.38. The van der Waals surface area contributed by atoms with Gasteiger partial charge >= 0.3 is 5.69 Å². The zero-order valence-corrected chi connectivity index (χ0v) is 11.1. The van der Waals surface area contributed by atoms with Crippen LogP contribution >= 0.6 is 0 Å². The van der Waals surface area contributed by atoms with Crippen molar-refractivity contribution in [1.29, 1.82) is 0 Å². The first-order valence-electron chi connectivity index (χ1n) is 6.13. The Morgan fingerprint density at radius 3 is 2.61 bits per heavy atom. The van der Waals surface area contributed by atoms with Crippen molar-refractivity contribution in [2.45, 2.75) is 13.3 Å². The molecule has 1 aromatic carbocycles. The monoisotopic (exact) mass is 245 g/mol. The lowest BCUT2D eigenvalue weighted by molar-refractivity contribution is 0.776. The highest BCUT2D eigenvalue weighted by Gasteiger charge is 2.10. The zero-order chi connectivity index (χ0) is 13.1. The molecule has 0 aliphatic rings. The van der Waals surface area contributed by atoms with Crippen molar-refractivity contribution in [3.63, 3.8) is 0 Å². The minimum atomic E-state index is 0.00408. The van der Waals surface area contributed by atoms with Gasteiger partial charge in [-0.25, -0.2) is 4.79 Å². The molecule has 0 atom stereocenters. The van der Waals surface area contributed by atoms with Gasteiger partial charge in [0.2, 0.25) is 0 Å². The Kier molecular flexibility index (Phi) is 3.67. The van der Waals surface area contributed by atoms with E-state index in [2.05, 4.69) is 11.4 Å². The Labute approximate surface area is 107 Å². The van der Waals surface area contributed by atoms with E-state index < -0.39 is 0 Å². The first-order valence-corrected chi connectivity index (χ1v) is 6.13. The number of rotatable bonds is 4. The topological polar surface area (TPSA) is 39.0 Å². The Morgan fingerprint density at radius 2 is 2.00 bits per heavy atom. The number of likely N-dealkylation sites (N-methyl/N-ethyl adjacent to an activating group) is 1. The Bertz CT molecular complexity index is 595. The van der Waals surface area contributed by atoms with Crippen molar-refractivity contribution in [2.75, 3.05) is 13.6 Å². The molecule has 4 nitrogen and oxygen atoms in total. The summed E-state index contributed by atoms with van der Waals surface area (Å²) in [4.78, 5) is 12.1. The molecule has 0 saturated carbocycles. The van der Waals surface area contributed by atoms with Gasteiger partial charge in [-0.3, -0.25) is 4.57 Å². The van der Waals surface area contributed by atoms with Crippen LogP contribution in [-0.2, 0) is 13.5 Å². The summed E-state index contributed by atoms with van der Waals surface area (Å²) in [7, 11) is 3.71. The maximum Gasteiger partial charge on any atom is 0.332 e. The van der Waals surface area contributed by atoms with Crippen molar-refractivity contribution in [2.24, 2.45) is 7.05 Å². The minimum Gasteiger partial charge on any atom is -0.319 e. The molecule has 0 fully saturated rings. The Hall–Kier alpha value is -1.81. The predicted molar refractivity (Wildman–Crippen MR) is 73.4 cm³/mol. The summed E-state index contributed by atoms with van der Waals surface area (Å²) in [6, 6.07) is 8.06. The van der Waals surface area contributed by atoms with Gasteiger partial charge in [-0.15, -0.1) is 0 Å². The van der Waals surface area contributed by atoms with E-state index >= 15 is 0 Å². The minimum absolute atomic E-state index is 0.00408. The van der Waals surface area contributed by atoms with E-state index in [1.807, 2.05) is 38.4 Å². The second-order valence-corrected chi connectivity index (χ2v) is 4.48. The van der Waals surface area contributed by atoms with Crippen molar-refractivity contribution < 1.29 is 0 Å². The van der Waals surface area contributed by atoms with Crippen molar-refractivity contribution in [3.05, 3.63) is 52.2 Å². The first-order chi connectivity index (χ1) is 8.65. The fraction of sp³-hybridized carbons (Fsp3) is 0.357. The molecule has 4 heteroatoms. The van der Waals surface area contributed by atoms with Gasteiger partial charge < -0.3 is 9.88 Å². The van der Waals surface area contributed by atoms with Gasteiger partial charge in [0.05, 0.1) is 5.69 Å². The molecule has 0 radical (unpaired) electrons. The van der Waals surface area contributed by atoms with Crippen molar-refractivity contribution >= 4 is 0 Å². The summed E-state index contributed by atoms with van der Waals surface area (Å²) in [5, 5.41) is 3.14. The number of benzene rings is 1. The summed E-state index contributed by atoms with van der Waals surface area (Å²) in [6.07, 6.45) is 2.77. The third-order valence-corrected chi connectivity index (χ3v) is 3.10. The smallest absolute Gasteiger partial charge is 0.319 e. The maximum atomic E-state index is 12.1. The van der Waals surface area contributed by atoms with Crippen molar-refractivity contribution in [3.8, 4) is 5.69 Å². The number of hydrogen-bond donors (Lipinski definition) is 1. The molecule has 2 rings (SSSR count). The average Bonchev–Trinajstić information content (AvgIpc) is 2.61. The first kappa shape index (κ1) is 12.6. The van der Waals surface area contributed by atoms with Crippen LogP contribution in [0.4, 0.5) is 0 Å². The van der Waals surface area contributed by atoms with Crippen LogP contribution in [0.1, 0.15) is 11.3 Å². The normalized spacial score (nSPS) is 10.8. The molecule has 0 amide bonds. The van der Waals surface area contributed by atoms with Gasteiger partial charge in [-0.05, 0) is 38.6 Å². The van der Waals surface area contributed by atoms with E-state index in [0.29, 0.717) is 0 Å². The lowest BCUT2D eigenvalue weighted by Gasteiger charge is -2.10. The lowest BCUT2D eigenvalue weighted by atomic mass is 10.1. The molecule has 18 heavy (non-hydrogen) atoms. The molecule has 0 unspecified atom stereocenters. The largest absolute Gasteiger partial charge is 0.332 e. The molecule has 0 aliphatic carbocycles. The second-order valence-electron chi connectivity index (χ2n) is 4.48. The molecular weight excluding hydrogens is 226 g/mol.